The molecule has 2 rings (SSSR count). The van der Waals surface area contributed by atoms with Crippen LogP contribution in [0, 0.1) is 5.82 Å². The predicted octanol–water partition coefficient (Wildman–Crippen LogP) is 3.16. The summed E-state index contributed by atoms with van der Waals surface area (Å²) < 4.78 is 13.5. The molecule has 0 saturated heterocycles. The summed E-state index contributed by atoms with van der Waals surface area (Å²) in [7, 11) is 0. The summed E-state index contributed by atoms with van der Waals surface area (Å²) in [5, 5.41) is 12.0. The standard InChI is InChI=1S/C15H13ClFNO2/c16-11-3-6-13(14(17)9-11)15(20)18-8-7-10-1-4-12(19)5-2-10/h1-6,9,19H,7-8H2,(H,18,20). The summed E-state index contributed by atoms with van der Waals surface area (Å²) >= 11 is 5.63. The molecular formula is C15H13ClFNO2. The number of halogens is 2. The summed E-state index contributed by atoms with van der Waals surface area (Å²) in [5.74, 6) is -0.918. The van der Waals surface area contributed by atoms with E-state index in [1.807, 2.05) is 0 Å². The van der Waals surface area contributed by atoms with E-state index < -0.39 is 11.7 Å². The van der Waals surface area contributed by atoms with Gasteiger partial charge in [0.25, 0.3) is 5.91 Å². The number of carbonyl (C=O) groups excluding carboxylic acids is 1. The molecular weight excluding hydrogens is 281 g/mol. The molecule has 0 saturated carbocycles. The first kappa shape index (κ1) is 14.3. The van der Waals surface area contributed by atoms with Crippen LogP contribution in [0.2, 0.25) is 5.02 Å². The molecule has 5 heteroatoms. The molecule has 2 aromatic carbocycles. The quantitative estimate of drug-likeness (QED) is 0.910. The van der Waals surface area contributed by atoms with Crippen molar-refractivity contribution >= 4 is 17.5 Å². The van der Waals surface area contributed by atoms with E-state index in [2.05, 4.69) is 5.32 Å². The zero-order valence-electron chi connectivity index (χ0n) is 10.6. The van der Waals surface area contributed by atoms with Crippen LogP contribution in [-0.4, -0.2) is 17.6 Å². The third kappa shape index (κ3) is 3.71. The SMILES string of the molecule is O=C(NCCc1ccc(O)cc1)c1ccc(Cl)cc1F. The second kappa shape index (κ2) is 6.39. The van der Waals surface area contributed by atoms with Gasteiger partial charge in [0.1, 0.15) is 11.6 Å². The topological polar surface area (TPSA) is 49.3 Å². The number of carbonyl (C=O) groups is 1. The summed E-state index contributed by atoms with van der Waals surface area (Å²) in [5.41, 5.74) is 0.944. The van der Waals surface area contributed by atoms with Gasteiger partial charge in [0, 0.05) is 11.6 Å². The van der Waals surface area contributed by atoms with E-state index in [-0.39, 0.29) is 16.3 Å². The number of nitrogens with one attached hydrogen (secondary N) is 1. The van der Waals surface area contributed by atoms with Crippen molar-refractivity contribution in [2.24, 2.45) is 0 Å². The lowest BCUT2D eigenvalue weighted by Crippen LogP contribution is -2.26. The highest BCUT2D eigenvalue weighted by Crippen LogP contribution is 2.14. The maximum absolute atomic E-state index is 13.5. The monoisotopic (exact) mass is 293 g/mol. The molecule has 2 N–H and O–H groups in total. The van der Waals surface area contributed by atoms with E-state index in [9.17, 15) is 9.18 Å². The Morgan fingerprint density at radius 2 is 1.90 bits per heavy atom. The third-order valence-electron chi connectivity index (χ3n) is 2.81. The van der Waals surface area contributed by atoms with Crippen molar-refractivity contribution in [1.29, 1.82) is 0 Å². The van der Waals surface area contributed by atoms with Crippen LogP contribution >= 0.6 is 11.6 Å². The number of phenolic OH excluding ortho intramolecular Hbond substituents is 1. The average molecular weight is 294 g/mol. The molecule has 0 bridgehead atoms. The fraction of sp³-hybridized carbons (Fsp3) is 0.133. The van der Waals surface area contributed by atoms with Crippen molar-refractivity contribution in [2.75, 3.05) is 6.54 Å². The van der Waals surface area contributed by atoms with E-state index in [1.165, 1.54) is 12.1 Å². The van der Waals surface area contributed by atoms with E-state index >= 15 is 0 Å². The van der Waals surface area contributed by atoms with Crippen molar-refractivity contribution in [3.05, 3.63) is 64.4 Å². The Bertz CT molecular complexity index is 614. The highest BCUT2D eigenvalue weighted by atomic mass is 35.5. The number of hydrogen-bond donors (Lipinski definition) is 2. The second-order valence-electron chi connectivity index (χ2n) is 4.30. The lowest BCUT2D eigenvalue weighted by molar-refractivity contribution is 0.0950. The molecule has 20 heavy (non-hydrogen) atoms. The highest BCUT2D eigenvalue weighted by Gasteiger charge is 2.11. The maximum Gasteiger partial charge on any atom is 0.254 e. The lowest BCUT2D eigenvalue weighted by atomic mass is 10.1. The maximum atomic E-state index is 13.5. The second-order valence-corrected chi connectivity index (χ2v) is 4.73. The Morgan fingerprint density at radius 1 is 1.20 bits per heavy atom. The summed E-state index contributed by atoms with van der Waals surface area (Å²) in [4.78, 5) is 11.8. The van der Waals surface area contributed by atoms with Crippen molar-refractivity contribution < 1.29 is 14.3 Å². The van der Waals surface area contributed by atoms with Crippen LogP contribution in [0.25, 0.3) is 0 Å². The number of phenols is 1. The zero-order valence-corrected chi connectivity index (χ0v) is 11.3. The van der Waals surface area contributed by atoms with Crippen molar-refractivity contribution in [3.8, 4) is 5.75 Å². The molecule has 1 amide bonds. The van der Waals surface area contributed by atoms with Crippen LogP contribution in [0.1, 0.15) is 15.9 Å². The van der Waals surface area contributed by atoms with Gasteiger partial charge in [-0.25, -0.2) is 4.39 Å². The van der Waals surface area contributed by atoms with E-state index in [0.717, 1.165) is 11.6 Å². The molecule has 0 unspecified atom stereocenters. The Labute approximate surface area is 121 Å². The highest BCUT2D eigenvalue weighted by molar-refractivity contribution is 6.30. The van der Waals surface area contributed by atoms with Gasteiger partial charge in [0.05, 0.1) is 5.56 Å². The number of rotatable bonds is 4. The first-order chi connectivity index (χ1) is 9.56. The van der Waals surface area contributed by atoms with Crippen LogP contribution in [0.5, 0.6) is 5.75 Å². The first-order valence-corrected chi connectivity index (χ1v) is 6.45. The van der Waals surface area contributed by atoms with Crippen molar-refractivity contribution in [2.45, 2.75) is 6.42 Å². The molecule has 0 atom stereocenters. The molecule has 3 nitrogen and oxygen atoms in total. The molecule has 0 aliphatic carbocycles. The van der Waals surface area contributed by atoms with Gasteiger partial charge in [-0.15, -0.1) is 0 Å². The number of aromatic hydroxyl groups is 1. The summed E-state index contributed by atoms with van der Waals surface area (Å²) in [6, 6.07) is 10.6. The predicted molar refractivity (Wildman–Crippen MR) is 75.6 cm³/mol. The summed E-state index contributed by atoms with van der Waals surface area (Å²) in [6.45, 7) is 0.381. The normalized spacial score (nSPS) is 10.3. The van der Waals surface area contributed by atoms with E-state index in [1.54, 1.807) is 24.3 Å². The van der Waals surface area contributed by atoms with Crippen molar-refractivity contribution in [1.82, 2.24) is 5.32 Å². The van der Waals surface area contributed by atoms with Crippen LogP contribution in [0.4, 0.5) is 4.39 Å². The number of benzene rings is 2. The fourth-order valence-corrected chi connectivity index (χ4v) is 1.91. The minimum Gasteiger partial charge on any atom is -0.508 e. The molecule has 0 aromatic heterocycles. The van der Waals surface area contributed by atoms with Crippen LogP contribution in [-0.2, 0) is 6.42 Å². The Morgan fingerprint density at radius 3 is 2.55 bits per heavy atom. The van der Waals surface area contributed by atoms with E-state index in [0.29, 0.717) is 13.0 Å². The van der Waals surface area contributed by atoms with Gasteiger partial charge < -0.3 is 10.4 Å². The van der Waals surface area contributed by atoms with Crippen LogP contribution in [0.3, 0.4) is 0 Å². The Hall–Kier alpha value is -2.07. The van der Waals surface area contributed by atoms with Crippen LogP contribution in [0.15, 0.2) is 42.5 Å². The number of hydrogen-bond acceptors (Lipinski definition) is 2. The Kier molecular flexibility index (Phi) is 4.58. The van der Waals surface area contributed by atoms with Gasteiger partial charge in [-0.05, 0) is 42.3 Å². The number of amides is 1. The Balaban J connectivity index is 1.90. The van der Waals surface area contributed by atoms with Crippen LogP contribution < -0.4 is 5.32 Å². The van der Waals surface area contributed by atoms with Crippen molar-refractivity contribution in [3.63, 3.8) is 0 Å². The van der Waals surface area contributed by atoms with Gasteiger partial charge in [-0.3, -0.25) is 4.79 Å². The minimum atomic E-state index is -0.639. The third-order valence-corrected chi connectivity index (χ3v) is 3.05. The van der Waals surface area contributed by atoms with Gasteiger partial charge >= 0.3 is 0 Å². The van der Waals surface area contributed by atoms with Gasteiger partial charge in [-0.2, -0.15) is 0 Å². The minimum absolute atomic E-state index is 0.0277. The van der Waals surface area contributed by atoms with Gasteiger partial charge in [0.15, 0.2) is 0 Å². The molecule has 2 aromatic rings. The molecule has 0 radical (unpaired) electrons. The largest absolute Gasteiger partial charge is 0.508 e. The fourth-order valence-electron chi connectivity index (χ4n) is 1.75. The first-order valence-electron chi connectivity index (χ1n) is 6.07. The smallest absolute Gasteiger partial charge is 0.254 e. The molecule has 0 fully saturated rings. The molecule has 0 heterocycles. The average Bonchev–Trinajstić information content (AvgIpc) is 2.41. The lowest BCUT2D eigenvalue weighted by Gasteiger charge is -2.06. The molecule has 0 spiro atoms. The summed E-state index contributed by atoms with van der Waals surface area (Å²) in [6.07, 6.45) is 0.598. The molecule has 104 valence electrons. The molecule has 0 aliphatic heterocycles. The van der Waals surface area contributed by atoms with Gasteiger partial charge in [0.2, 0.25) is 0 Å². The van der Waals surface area contributed by atoms with E-state index in [4.69, 9.17) is 16.7 Å². The zero-order chi connectivity index (χ0) is 14.5. The van der Waals surface area contributed by atoms with Gasteiger partial charge in [-0.1, -0.05) is 23.7 Å². The molecule has 0 aliphatic rings.